The molecule has 1 saturated heterocycles. The van der Waals surface area contributed by atoms with Gasteiger partial charge in [0.05, 0.1) is 45.0 Å². The Hall–Kier alpha value is -3.39. The Morgan fingerprint density at radius 3 is 2.29 bits per heavy atom. The number of benzene rings is 2. The molecule has 0 bridgehead atoms. The molecule has 2 aliphatic rings. The lowest BCUT2D eigenvalue weighted by Gasteiger charge is -2.32. The van der Waals surface area contributed by atoms with E-state index in [-0.39, 0.29) is 30.4 Å². The number of esters is 1. The van der Waals surface area contributed by atoms with Gasteiger partial charge in [-0.1, -0.05) is 12.1 Å². The maximum Gasteiger partial charge on any atom is 0.310 e. The molecule has 186 valence electrons. The van der Waals surface area contributed by atoms with Gasteiger partial charge in [0, 0.05) is 13.0 Å². The van der Waals surface area contributed by atoms with Gasteiger partial charge in [-0.3, -0.25) is 14.5 Å². The van der Waals surface area contributed by atoms with Crippen LogP contribution in [0, 0.1) is 5.92 Å². The lowest BCUT2D eigenvalue weighted by molar-refractivity contribution is -0.150. The van der Waals surface area contributed by atoms with E-state index in [0.29, 0.717) is 19.6 Å². The minimum absolute atomic E-state index is 0.0844. The Bertz CT molecular complexity index is 1050. The summed E-state index contributed by atoms with van der Waals surface area (Å²) in [7, 11) is 3.27. The fourth-order valence-electron chi connectivity index (χ4n) is 4.70. The SMILES string of the molecule is CCOC(=O)[C@@H]1CCCN(CC(=O)N2N=C(c3ccc(OC)cc3)C[C@H]2c2ccc(OC)cc2)C1. The number of amides is 1. The van der Waals surface area contributed by atoms with Crippen molar-refractivity contribution in [3.63, 3.8) is 0 Å². The predicted octanol–water partition coefficient (Wildman–Crippen LogP) is 3.66. The molecule has 2 heterocycles. The van der Waals surface area contributed by atoms with Crippen molar-refractivity contribution < 1.29 is 23.8 Å². The van der Waals surface area contributed by atoms with Crippen LogP contribution in [0.4, 0.5) is 0 Å². The summed E-state index contributed by atoms with van der Waals surface area (Å²) in [4.78, 5) is 27.8. The summed E-state index contributed by atoms with van der Waals surface area (Å²) in [6, 6.07) is 15.3. The van der Waals surface area contributed by atoms with E-state index in [0.717, 1.165) is 47.7 Å². The third kappa shape index (κ3) is 5.82. The molecule has 8 nitrogen and oxygen atoms in total. The minimum atomic E-state index is -0.212. The fourth-order valence-corrected chi connectivity index (χ4v) is 4.70. The molecule has 1 amide bonds. The predicted molar refractivity (Wildman–Crippen MR) is 133 cm³/mol. The zero-order valence-electron chi connectivity index (χ0n) is 20.6. The third-order valence-electron chi connectivity index (χ3n) is 6.57. The van der Waals surface area contributed by atoms with Crippen LogP contribution in [-0.2, 0) is 14.3 Å². The highest BCUT2D eigenvalue weighted by atomic mass is 16.5. The van der Waals surface area contributed by atoms with Crippen LogP contribution in [0.15, 0.2) is 53.6 Å². The topological polar surface area (TPSA) is 80.7 Å². The number of hydrogen-bond acceptors (Lipinski definition) is 7. The number of rotatable bonds is 8. The third-order valence-corrected chi connectivity index (χ3v) is 6.57. The van der Waals surface area contributed by atoms with Crippen LogP contribution < -0.4 is 9.47 Å². The quantitative estimate of drug-likeness (QED) is 0.538. The van der Waals surface area contributed by atoms with E-state index in [1.807, 2.05) is 60.4 Å². The zero-order chi connectivity index (χ0) is 24.8. The zero-order valence-corrected chi connectivity index (χ0v) is 20.6. The van der Waals surface area contributed by atoms with Crippen LogP contribution in [0.3, 0.4) is 0 Å². The summed E-state index contributed by atoms with van der Waals surface area (Å²) < 4.78 is 15.8. The number of nitrogens with zero attached hydrogens (tertiary/aromatic N) is 3. The lowest BCUT2D eigenvalue weighted by atomic mass is 9.97. The van der Waals surface area contributed by atoms with E-state index >= 15 is 0 Å². The Morgan fingerprint density at radius 2 is 1.66 bits per heavy atom. The smallest absolute Gasteiger partial charge is 0.310 e. The molecule has 0 aliphatic carbocycles. The molecule has 1 fully saturated rings. The molecule has 0 saturated carbocycles. The number of methoxy groups -OCH3 is 2. The van der Waals surface area contributed by atoms with Gasteiger partial charge in [-0.2, -0.15) is 5.10 Å². The molecule has 2 aromatic carbocycles. The van der Waals surface area contributed by atoms with Crippen molar-refractivity contribution in [1.82, 2.24) is 9.91 Å². The summed E-state index contributed by atoms with van der Waals surface area (Å²) >= 11 is 0. The van der Waals surface area contributed by atoms with Crippen molar-refractivity contribution in [2.75, 3.05) is 40.5 Å². The van der Waals surface area contributed by atoms with Gasteiger partial charge in [0.1, 0.15) is 11.5 Å². The van der Waals surface area contributed by atoms with Gasteiger partial charge in [-0.25, -0.2) is 5.01 Å². The highest BCUT2D eigenvalue weighted by molar-refractivity contribution is 6.03. The van der Waals surface area contributed by atoms with Gasteiger partial charge in [0.15, 0.2) is 0 Å². The van der Waals surface area contributed by atoms with Gasteiger partial charge in [-0.05, 0) is 73.8 Å². The van der Waals surface area contributed by atoms with E-state index in [4.69, 9.17) is 19.3 Å². The largest absolute Gasteiger partial charge is 0.497 e. The first-order chi connectivity index (χ1) is 17.0. The average Bonchev–Trinajstić information content (AvgIpc) is 3.35. The first-order valence-corrected chi connectivity index (χ1v) is 12.1. The van der Waals surface area contributed by atoms with E-state index in [1.54, 1.807) is 19.2 Å². The van der Waals surface area contributed by atoms with Crippen molar-refractivity contribution in [3.8, 4) is 11.5 Å². The molecule has 0 unspecified atom stereocenters. The number of carbonyl (C=O) groups excluding carboxylic acids is 2. The van der Waals surface area contributed by atoms with Gasteiger partial charge in [0.25, 0.3) is 5.91 Å². The van der Waals surface area contributed by atoms with Crippen molar-refractivity contribution in [2.45, 2.75) is 32.2 Å². The van der Waals surface area contributed by atoms with E-state index in [2.05, 4.69) is 0 Å². The second-order valence-corrected chi connectivity index (χ2v) is 8.83. The van der Waals surface area contributed by atoms with Crippen LogP contribution in [0.5, 0.6) is 11.5 Å². The summed E-state index contributed by atoms with van der Waals surface area (Å²) in [5.41, 5.74) is 2.80. The van der Waals surface area contributed by atoms with Crippen molar-refractivity contribution in [1.29, 1.82) is 0 Å². The molecule has 8 heteroatoms. The molecule has 0 aromatic heterocycles. The second kappa shape index (κ2) is 11.4. The molecule has 0 spiro atoms. The first-order valence-electron chi connectivity index (χ1n) is 12.1. The molecular formula is C27H33N3O5. The number of likely N-dealkylation sites (tertiary alicyclic amines) is 1. The van der Waals surface area contributed by atoms with E-state index < -0.39 is 0 Å². The molecule has 35 heavy (non-hydrogen) atoms. The van der Waals surface area contributed by atoms with Crippen LogP contribution in [0.1, 0.15) is 43.4 Å². The van der Waals surface area contributed by atoms with Gasteiger partial charge in [-0.15, -0.1) is 0 Å². The Labute approximate surface area is 206 Å². The lowest BCUT2D eigenvalue weighted by Crippen LogP contribution is -2.44. The number of ether oxygens (including phenoxy) is 3. The average molecular weight is 480 g/mol. The second-order valence-electron chi connectivity index (χ2n) is 8.83. The first kappa shape index (κ1) is 24.7. The molecule has 2 atom stereocenters. The molecule has 0 radical (unpaired) electrons. The normalized spacial score (nSPS) is 20.3. The summed E-state index contributed by atoms with van der Waals surface area (Å²) in [5.74, 6) is 1.08. The van der Waals surface area contributed by atoms with Crippen LogP contribution in [0.2, 0.25) is 0 Å². The summed E-state index contributed by atoms with van der Waals surface area (Å²) in [5, 5.41) is 6.38. The Kier molecular flexibility index (Phi) is 8.02. The maximum atomic E-state index is 13.5. The monoisotopic (exact) mass is 479 g/mol. The Morgan fingerprint density at radius 1 is 1.00 bits per heavy atom. The molecule has 0 N–H and O–H groups in total. The highest BCUT2D eigenvalue weighted by Gasteiger charge is 2.35. The number of hydrogen-bond donors (Lipinski definition) is 0. The highest BCUT2D eigenvalue weighted by Crippen LogP contribution is 2.34. The fraction of sp³-hybridized carbons (Fsp3) is 0.444. The number of piperidine rings is 1. The van der Waals surface area contributed by atoms with Gasteiger partial charge in [0.2, 0.25) is 0 Å². The van der Waals surface area contributed by atoms with Crippen molar-refractivity contribution in [3.05, 3.63) is 59.7 Å². The van der Waals surface area contributed by atoms with Gasteiger partial charge >= 0.3 is 5.97 Å². The van der Waals surface area contributed by atoms with Crippen LogP contribution in [0.25, 0.3) is 0 Å². The van der Waals surface area contributed by atoms with Gasteiger partial charge < -0.3 is 14.2 Å². The summed E-state index contributed by atoms with van der Waals surface area (Å²) in [6.07, 6.45) is 2.26. The molecule has 2 aromatic rings. The van der Waals surface area contributed by atoms with E-state index in [1.165, 1.54) is 0 Å². The van der Waals surface area contributed by atoms with E-state index in [9.17, 15) is 9.59 Å². The minimum Gasteiger partial charge on any atom is -0.497 e. The van der Waals surface area contributed by atoms with Crippen LogP contribution >= 0.6 is 0 Å². The molecular weight excluding hydrogens is 446 g/mol. The molecule has 2 aliphatic heterocycles. The summed E-state index contributed by atoms with van der Waals surface area (Å²) in [6.45, 7) is 3.70. The standard InChI is InChI=1S/C27H33N3O5/c1-4-35-27(32)21-6-5-15-29(17-21)18-26(31)30-25(20-9-13-23(34-3)14-10-20)16-24(28-30)19-7-11-22(33-2)12-8-19/h7-14,21,25H,4-6,15-18H2,1-3H3/t21-,25+/m1/s1. The Balaban J connectivity index is 1.54. The van der Waals surface area contributed by atoms with Crippen molar-refractivity contribution >= 4 is 17.6 Å². The number of hydrazone groups is 1. The van der Waals surface area contributed by atoms with Crippen molar-refractivity contribution in [2.24, 2.45) is 11.0 Å². The number of carbonyl (C=O) groups is 2. The van der Waals surface area contributed by atoms with Crippen LogP contribution in [-0.4, -0.2) is 68.0 Å². The molecule has 4 rings (SSSR count). The maximum absolute atomic E-state index is 13.5.